The van der Waals surface area contributed by atoms with Crippen LogP contribution in [0.3, 0.4) is 0 Å². The summed E-state index contributed by atoms with van der Waals surface area (Å²) < 4.78 is 11.2. The maximum absolute atomic E-state index is 12.2. The minimum Gasteiger partial charge on any atom is -0.494 e. The van der Waals surface area contributed by atoms with E-state index in [1.165, 1.54) is 25.7 Å². The Labute approximate surface area is 165 Å². The number of amides is 1. The summed E-state index contributed by atoms with van der Waals surface area (Å²) in [5.41, 5.74) is 1.30. The average molecular weight is 378 g/mol. The van der Waals surface area contributed by atoms with Gasteiger partial charge in [-0.05, 0) is 42.8 Å². The number of anilines is 1. The number of unbranched alkanes of at least 4 members (excludes halogenated alkanes) is 4. The number of hydrogen-bond acceptors (Lipinski definition) is 4. The lowest BCUT2D eigenvalue weighted by molar-refractivity contribution is 0.215. The molecule has 0 saturated heterocycles. The van der Waals surface area contributed by atoms with Crippen LogP contribution in [0.25, 0.3) is 10.9 Å². The van der Waals surface area contributed by atoms with Gasteiger partial charge in [0.25, 0.3) is 0 Å². The average Bonchev–Trinajstić information content (AvgIpc) is 2.72. The SMILES string of the molecule is CCCCCCCOc1ccc(NC(=O)Oc2cccc3cccnc23)cc1. The number of rotatable bonds is 9. The van der Waals surface area contributed by atoms with Crippen LogP contribution in [0.1, 0.15) is 39.0 Å². The zero-order valence-electron chi connectivity index (χ0n) is 16.2. The minimum absolute atomic E-state index is 0.429. The van der Waals surface area contributed by atoms with Crippen molar-refractivity contribution in [1.82, 2.24) is 4.98 Å². The van der Waals surface area contributed by atoms with Gasteiger partial charge in [-0.25, -0.2) is 4.79 Å². The monoisotopic (exact) mass is 378 g/mol. The summed E-state index contributed by atoms with van der Waals surface area (Å²) in [4.78, 5) is 16.5. The third-order valence-corrected chi connectivity index (χ3v) is 4.42. The molecule has 5 nitrogen and oxygen atoms in total. The lowest BCUT2D eigenvalue weighted by Crippen LogP contribution is -2.16. The van der Waals surface area contributed by atoms with Gasteiger partial charge in [-0.1, -0.05) is 50.8 Å². The number of benzene rings is 2. The normalized spacial score (nSPS) is 10.6. The molecule has 1 amide bonds. The first-order valence-corrected chi connectivity index (χ1v) is 9.81. The van der Waals surface area contributed by atoms with E-state index in [1.54, 1.807) is 24.4 Å². The molecule has 1 N–H and O–H groups in total. The Morgan fingerprint density at radius 1 is 0.964 bits per heavy atom. The second kappa shape index (κ2) is 10.3. The summed E-state index contributed by atoms with van der Waals surface area (Å²) in [5.74, 6) is 1.23. The molecule has 0 aliphatic carbocycles. The number of nitrogens with one attached hydrogen (secondary N) is 1. The molecule has 0 saturated carbocycles. The summed E-state index contributed by atoms with van der Waals surface area (Å²) in [6, 6.07) is 16.6. The second-order valence-corrected chi connectivity index (χ2v) is 6.63. The highest BCUT2D eigenvalue weighted by atomic mass is 16.6. The maximum atomic E-state index is 12.2. The largest absolute Gasteiger partial charge is 0.494 e. The van der Waals surface area contributed by atoms with E-state index in [4.69, 9.17) is 9.47 Å². The molecule has 0 aliphatic rings. The lowest BCUT2D eigenvalue weighted by Gasteiger charge is -2.10. The van der Waals surface area contributed by atoms with Gasteiger partial charge in [-0.15, -0.1) is 0 Å². The predicted molar refractivity (Wildman–Crippen MR) is 112 cm³/mol. The van der Waals surface area contributed by atoms with Gasteiger partial charge in [0.15, 0.2) is 5.75 Å². The van der Waals surface area contributed by atoms with Crippen LogP contribution in [0.5, 0.6) is 11.5 Å². The Morgan fingerprint density at radius 3 is 2.57 bits per heavy atom. The van der Waals surface area contributed by atoms with Crippen LogP contribution in [0.15, 0.2) is 60.8 Å². The number of hydrogen-bond donors (Lipinski definition) is 1. The van der Waals surface area contributed by atoms with Crippen LogP contribution in [-0.2, 0) is 0 Å². The molecule has 0 aliphatic heterocycles. The van der Waals surface area contributed by atoms with Gasteiger partial charge in [-0.3, -0.25) is 10.3 Å². The quantitative estimate of drug-likeness (QED) is 0.451. The van der Waals surface area contributed by atoms with Crippen molar-refractivity contribution in [3.63, 3.8) is 0 Å². The van der Waals surface area contributed by atoms with Crippen molar-refractivity contribution in [2.24, 2.45) is 0 Å². The molecule has 0 spiro atoms. The van der Waals surface area contributed by atoms with Gasteiger partial charge in [0, 0.05) is 17.3 Å². The number of carbonyl (C=O) groups is 1. The standard InChI is InChI=1S/C23H26N2O3/c1-2-3-4-5-6-17-27-20-14-12-19(13-15-20)25-23(26)28-21-11-7-9-18-10-8-16-24-22(18)21/h7-16H,2-6,17H2,1H3,(H,25,26). The minimum atomic E-state index is -0.553. The van der Waals surface area contributed by atoms with Crippen molar-refractivity contribution in [1.29, 1.82) is 0 Å². The van der Waals surface area contributed by atoms with Crippen LogP contribution in [0.2, 0.25) is 0 Å². The Hall–Kier alpha value is -3.08. The van der Waals surface area contributed by atoms with E-state index < -0.39 is 6.09 Å². The zero-order valence-corrected chi connectivity index (χ0v) is 16.2. The van der Waals surface area contributed by atoms with Crippen LogP contribution < -0.4 is 14.8 Å². The van der Waals surface area contributed by atoms with Crippen molar-refractivity contribution in [2.45, 2.75) is 39.0 Å². The molecular weight excluding hydrogens is 352 g/mol. The number of ether oxygens (including phenoxy) is 2. The van der Waals surface area contributed by atoms with Gasteiger partial charge in [0.1, 0.15) is 11.3 Å². The highest BCUT2D eigenvalue weighted by Crippen LogP contribution is 2.23. The number of pyridine rings is 1. The molecule has 0 fully saturated rings. The highest BCUT2D eigenvalue weighted by Gasteiger charge is 2.09. The van der Waals surface area contributed by atoms with E-state index in [0.29, 0.717) is 23.6 Å². The van der Waals surface area contributed by atoms with Gasteiger partial charge in [-0.2, -0.15) is 0 Å². The van der Waals surface area contributed by atoms with E-state index in [2.05, 4.69) is 17.2 Å². The topological polar surface area (TPSA) is 60.5 Å². The summed E-state index contributed by atoms with van der Waals surface area (Å²) >= 11 is 0. The molecule has 0 unspecified atom stereocenters. The van der Waals surface area contributed by atoms with Crippen LogP contribution in [-0.4, -0.2) is 17.7 Å². The Bertz CT molecular complexity index is 888. The fourth-order valence-corrected chi connectivity index (χ4v) is 2.93. The smallest absolute Gasteiger partial charge is 0.417 e. The molecule has 1 heterocycles. The van der Waals surface area contributed by atoms with Gasteiger partial charge >= 0.3 is 6.09 Å². The van der Waals surface area contributed by atoms with E-state index in [0.717, 1.165) is 17.6 Å². The molecule has 1 aromatic heterocycles. The van der Waals surface area contributed by atoms with Crippen molar-refractivity contribution < 1.29 is 14.3 Å². The third kappa shape index (κ3) is 5.71. The molecule has 3 aromatic rings. The van der Waals surface area contributed by atoms with Crippen molar-refractivity contribution in [3.8, 4) is 11.5 Å². The fourth-order valence-electron chi connectivity index (χ4n) is 2.93. The number of fused-ring (bicyclic) bond motifs is 1. The van der Waals surface area contributed by atoms with E-state index in [9.17, 15) is 4.79 Å². The van der Waals surface area contributed by atoms with Crippen LogP contribution in [0.4, 0.5) is 10.5 Å². The molecule has 146 valence electrons. The van der Waals surface area contributed by atoms with Gasteiger partial charge < -0.3 is 9.47 Å². The van der Waals surface area contributed by atoms with E-state index in [1.807, 2.05) is 36.4 Å². The summed E-state index contributed by atoms with van der Waals surface area (Å²) in [6.45, 7) is 2.92. The molecule has 0 radical (unpaired) electrons. The summed E-state index contributed by atoms with van der Waals surface area (Å²) in [5, 5.41) is 3.65. The first-order valence-electron chi connectivity index (χ1n) is 9.81. The summed E-state index contributed by atoms with van der Waals surface area (Å²) in [7, 11) is 0. The fraction of sp³-hybridized carbons (Fsp3) is 0.304. The zero-order chi connectivity index (χ0) is 19.6. The third-order valence-electron chi connectivity index (χ3n) is 4.42. The Balaban J connectivity index is 1.49. The van der Waals surface area contributed by atoms with Crippen LogP contribution >= 0.6 is 0 Å². The Morgan fingerprint density at radius 2 is 1.75 bits per heavy atom. The van der Waals surface area contributed by atoms with Crippen LogP contribution in [0, 0.1) is 0 Å². The number of carbonyl (C=O) groups excluding carboxylic acids is 1. The van der Waals surface area contributed by atoms with E-state index in [-0.39, 0.29) is 0 Å². The van der Waals surface area contributed by atoms with Crippen molar-refractivity contribution in [2.75, 3.05) is 11.9 Å². The first kappa shape index (κ1) is 19.7. The highest BCUT2D eigenvalue weighted by molar-refractivity contribution is 5.91. The molecule has 2 aromatic carbocycles. The molecule has 28 heavy (non-hydrogen) atoms. The van der Waals surface area contributed by atoms with Crippen molar-refractivity contribution >= 4 is 22.7 Å². The van der Waals surface area contributed by atoms with Gasteiger partial charge in [0.05, 0.1) is 6.61 Å². The number of nitrogens with zero attached hydrogens (tertiary/aromatic N) is 1. The predicted octanol–water partition coefficient (Wildman–Crippen LogP) is 6.19. The summed E-state index contributed by atoms with van der Waals surface area (Å²) in [6.07, 6.45) is 7.17. The molecule has 0 bridgehead atoms. The molecule has 0 atom stereocenters. The maximum Gasteiger partial charge on any atom is 0.417 e. The van der Waals surface area contributed by atoms with Crippen molar-refractivity contribution in [3.05, 3.63) is 60.8 Å². The lowest BCUT2D eigenvalue weighted by atomic mass is 10.2. The second-order valence-electron chi connectivity index (χ2n) is 6.63. The molecule has 5 heteroatoms. The number of para-hydroxylation sites is 1. The Kier molecular flexibility index (Phi) is 7.24. The van der Waals surface area contributed by atoms with E-state index >= 15 is 0 Å². The number of aromatic nitrogens is 1. The van der Waals surface area contributed by atoms with Gasteiger partial charge in [0.2, 0.25) is 0 Å². The molecule has 3 rings (SSSR count). The first-order chi connectivity index (χ1) is 13.8. The molecular formula is C23H26N2O3.